The molecule has 4 heterocycles. The molecule has 0 fully saturated rings. The number of aryl methyl sites for hydroxylation is 2. The van der Waals surface area contributed by atoms with Crippen molar-refractivity contribution in [1.82, 2.24) is 34.2 Å². The lowest BCUT2D eigenvalue weighted by molar-refractivity contribution is 0.872. The largest absolute Gasteiger partial charge is 0.368 e. The third-order valence-electron chi connectivity index (χ3n) is 3.75. The standard InChI is InChI=1S/C15H17N9OS/c1-3-10-7-12(25)24-15(21-10)26-14(22-24)17-5-4-16-11-6-9(2)20-13-18-8-19-23(11)13/h6-8,16H,3-5H2,1-2H3,(H,17,22). The van der Waals surface area contributed by atoms with Crippen LogP contribution in [-0.4, -0.2) is 47.3 Å². The van der Waals surface area contributed by atoms with Gasteiger partial charge in [0.2, 0.25) is 10.1 Å². The van der Waals surface area contributed by atoms with Crippen LogP contribution in [0.15, 0.2) is 23.3 Å². The van der Waals surface area contributed by atoms with Gasteiger partial charge in [-0.05, 0) is 13.3 Å². The first-order chi connectivity index (χ1) is 12.6. The van der Waals surface area contributed by atoms with Gasteiger partial charge in [-0.2, -0.15) is 19.1 Å². The van der Waals surface area contributed by atoms with Crippen molar-refractivity contribution in [3.8, 4) is 0 Å². The van der Waals surface area contributed by atoms with Gasteiger partial charge in [-0.3, -0.25) is 4.79 Å². The molecule has 4 aromatic heterocycles. The monoisotopic (exact) mass is 371 g/mol. The summed E-state index contributed by atoms with van der Waals surface area (Å²) in [5.74, 6) is 1.38. The molecule has 26 heavy (non-hydrogen) atoms. The second-order valence-electron chi connectivity index (χ2n) is 5.65. The Morgan fingerprint density at radius 3 is 2.85 bits per heavy atom. The molecule has 4 rings (SSSR count). The zero-order chi connectivity index (χ0) is 18.1. The highest BCUT2D eigenvalue weighted by Gasteiger charge is 2.08. The van der Waals surface area contributed by atoms with Gasteiger partial charge in [0.25, 0.3) is 11.3 Å². The second kappa shape index (κ2) is 6.67. The molecule has 0 aliphatic carbocycles. The van der Waals surface area contributed by atoms with Gasteiger partial charge in [-0.25, -0.2) is 9.97 Å². The summed E-state index contributed by atoms with van der Waals surface area (Å²) in [6.07, 6.45) is 2.19. The van der Waals surface area contributed by atoms with E-state index < -0.39 is 0 Å². The van der Waals surface area contributed by atoms with E-state index in [2.05, 4.69) is 35.8 Å². The Hall–Kier alpha value is -3.08. The van der Waals surface area contributed by atoms with Gasteiger partial charge in [0.05, 0.1) is 0 Å². The van der Waals surface area contributed by atoms with Crippen LogP contribution >= 0.6 is 11.3 Å². The quantitative estimate of drug-likeness (QED) is 0.482. The predicted octanol–water partition coefficient (Wildman–Crippen LogP) is 0.984. The topological polar surface area (TPSA) is 114 Å². The van der Waals surface area contributed by atoms with E-state index in [1.807, 2.05) is 19.9 Å². The molecule has 0 amide bonds. The molecule has 10 nitrogen and oxygen atoms in total. The summed E-state index contributed by atoms with van der Waals surface area (Å²) in [6, 6.07) is 3.43. The molecule has 2 N–H and O–H groups in total. The number of rotatable bonds is 6. The minimum absolute atomic E-state index is 0.157. The first-order valence-electron chi connectivity index (χ1n) is 8.19. The molecule has 0 atom stereocenters. The molecular weight excluding hydrogens is 354 g/mol. The molecule has 0 saturated carbocycles. The van der Waals surface area contributed by atoms with Crippen LogP contribution in [0.4, 0.5) is 10.9 Å². The average Bonchev–Trinajstić information content (AvgIpc) is 3.24. The average molecular weight is 371 g/mol. The van der Waals surface area contributed by atoms with E-state index in [4.69, 9.17) is 0 Å². The molecule has 0 aromatic carbocycles. The maximum atomic E-state index is 12.0. The Bertz CT molecular complexity index is 1130. The molecule has 0 aliphatic heterocycles. The van der Waals surface area contributed by atoms with E-state index in [0.29, 0.717) is 29.0 Å². The van der Waals surface area contributed by atoms with Crippen LogP contribution in [0, 0.1) is 6.92 Å². The van der Waals surface area contributed by atoms with Crippen LogP contribution in [0.25, 0.3) is 10.7 Å². The van der Waals surface area contributed by atoms with Crippen molar-refractivity contribution >= 4 is 33.0 Å². The van der Waals surface area contributed by atoms with Crippen molar-refractivity contribution in [3.05, 3.63) is 40.2 Å². The molecule has 0 aliphatic rings. The van der Waals surface area contributed by atoms with Crippen molar-refractivity contribution in [2.75, 3.05) is 23.7 Å². The summed E-state index contributed by atoms with van der Waals surface area (Å²) in [7, 11) is 0. The summed E-state index contributed by atoms with van der Waals surface area (Å²) in [5.41, 5.74) is 1.48. The highest BCUT2D eigenvalue weighted by atomic mass is 32.1. The van der Waals surface area contributed by atoms with Crippen LogP contribution in [0.5, 0.6) is 0 Å². The summed E-state index contributed by atoms with van der Waals surface area (Å²) in [5, 5.41) is 15.6. The van der Waals surface area contributed by atoms with Crippen LogP contribution < -0.4 is 16.2 Å². The fraction of sp³-hybridized carbons (Fsp3) is 0.333. The van der Waals surface area contributed by atoms with Gasteiger partial charge >= 0.3 is 0 Å². The van der Waals surface area contributed by atoms with Crippen LogP contribution in [0.1, 0.15) is 18.3 Å². The normalized spacial score (nSPS) is 11.3. The van der Waals surface area contributed by atoms with Crippen LogP contribution in [0.2, 0.25) is 0 Å². The summed E-state index contributed by atoms with van der Waals surface area (Å²) in [4.78, 5) is 25.5. The SMILES string of the molecule is CCc1cc(=O)n2nc(NCCNc3cc(C)nc4ncnn34)sc2n1. The van der Waals surface area contributed by atoms with Gasteiger partial charge in [0.15, 0.2) is 0 Å². The Balaban J connectivity index is 1.43. The molecule has 134 valence electrons. The summed E-state index contributed by atoms with van der Waals surface area (Å²) >= 11 is 1.36. The van der Waals surface area contributed by atoms with E-state index in [-0.39, 0.29) is 5.56 Å². The number of hydrogen-bond donors (Lipinski definition) is 2. The Kier molecular flexibility index (Phi) is 4.21. The number of nitrogens with zero attached hydrogens (tertiary/aromatic N) is 7. The van der Waals surface area contributed by atoms with Gasteiger partial charge in [0, 0.05) is 36.6 Å². The highest BCUT2D eigenvalue weighted by molar-refractivity contribution is 7.20. The maximum Gasteiger partial charge on any atom is 0.275 e. The minimum Gasteiger partial charge on any atom is -0.368 e. The lowest BCUT2D eigenvalue weighted by Crippen LogP contribution is -2.17. The number of hydrogen-bond acceptors (Lipinski definition) is 9. The predicted molar refractivity (Wildman–Crippen MR) is 99.0 cm³/mol. The molecule has 11 heteroatoms. The van der Waals surface area contributed by atoms with Crippen molar-refractivity contribution in [1.29, 1.82) is 0 Å². The highest BCUT2D eigenvalue weighted by Crippen LogP contribution is 2.16. The van der Waals surface area contributed by atoms with E-state index in [9.17, 15) is 4.79 Å². The second-order valence-corrected chi connectivity index (χ2v) is 6.60. The third kappa shape index (κ3) is 3.08. The maximum absolute atomic E-state index is 12.0. The zero-order valence-electron chi connectivity index (χ0n) is 14.3. The van der Waals surface area contributed by atoms with Gasteiger partial charge in [0.1, 0.15) is 12.1 Å². The number of aromatic nitrogens is 7. The van der Waals surface area contributed by atoms with Gasteiger partial charge in [-0.1, -0.05) is 18.3 Å². The smallest absolute Gasteiger partial charge is 0.275 e. The van der Waals surface area contributed by atoms with Gasteiger partial charge < -0.3 is 10.6 Å². The van der Waals surface area contributed by atoms with E-state index in [1.54, 1.807) is 4.52 Å². The molecular formula is C15H17N9OS. The van der Waals surface area contributed by atoms with E-state index in [1.165, 1.54) is 28.2 Å². The molecule has 4 aromatic rings. The fourth-order valence-electron chi connectivity index (χ4n) is 2.53. The summed E-state index contributed by atoms with van der Waals surface area (Å²) < 4.78 is 2.98. The zero-order valence-corrected chi connectivity index (χ0v) is 15.1. The number of fused-ring (bicyclic) bond motifs is 2. The van der Waals surface area contributed by atoms with Crippen molar-refractivity contribution < 1.29 is 0 Å². The van der Waals surface area contributed by atoms with Gasteiger partial charge in [-0.15, -0.1) is 5.10 Å². The number of nitrogens with one attached hydrogen (secondary N) is 2. The molecule has 0 spiro atoms. The van der Waals surface area contributed by atoms with Crippen LogP contribution in [0.3, 0.4) is 0 Å². The van der Waals surface area contributed by atoms with E-state index in [0.717, 1.165) is 23.6 Å². The Labute approximate surface area is 151 Å². The number of anilines is 2. The lowest BCUT2D eigenvalue weighted by Gasteiger charge is -2.08. The summed E-state index contributed by atoms with van der Waals surface area (Å²) in [6.45, 7) is 5.13. The van der Waals surface area contributed by atoms with Crippen LogP contribution in [-0.2, 0) is 6.42 Å². The minimum atomic E-state index is -0.157. The van der Waals surface area contributed by atoms with Crippen molar-refractivity contribution in [2.45, 2.75) is 20.3 Å². The first kappa shape index (κ1) is 16.4. The fourth-order valence-corrected chi connectivity index (χ4v) is 3.38. The molecule has 0 radical (unpaired) electrons. The first-order valence-corrected chi connectivity index (χ1v) is 9.00. The van der Waals surface area contributed by atoms with Crippen molar-refractivity contribution in [3.63, 3.8) is 0 Å². The van der Waals surface area contributed by atoms with E-state index >= 15 is 0 Å². The lowest BCUT2D eigenvalue weighted by atomic mass is 10.3. The third-order valence-corrected chi connectivity index (χ3v) is 4.61. The Morgan fingerprint density at radius 2 is 2.00 bits per heavy atom. The molecule has 0 bridgehead atoms. The Morgan fingerprint density at radius 1 is 1.15 bits per heavy atom. The molecule has 0 saturated heterocycles. The van der Waals surface area contributed by atoms with Crippen molar-refractivity contribution in [2.24, 2.45) is 0 Å². The molecule has 0 unspecified atom stereocenters.